The van der Waals surface area contributed by atoms with E-state index in [9.17, 15) is 14.0 Å². The number of benzene rings is 1. The molecule has 6 nitrogen and oxygen atoms in total. The Balaban J connectivity index is 1.74. The van der Waals surface area contributed by atoms with Crippen LogP contribution in [0, 0.1) is 11.7 Å². The van der Waals surface area contributed by atoms with Crippen LogP contribution in [-0.2, 0) is 20.7 Å². The fraction of sp³-hybridized carbons (Fsp3) is 0.500. The number of fused-ring (bicyclic) bond motifs is 1. The fourth-order valence-electron chi connectivity index (χ4n) is 3.87. The Morgan fingerprint density at radius 3 is 2.69 bits per heavy atom. The van der Waals surface area contributed by atoms with Crippen LogP contribution in [0.5, 0.6) is 5.75 Å². The smallest absolute Gasteiger partial charge is 0.242 e. The van der Waals surface area contributed by atoms with E-state index in [2.05, 4.69) is 0 Å². The number of thiophene rings is 1. The molecule has 174 valence electrons. The van der Waals surface area contributed by atoms with E-state index in [1.807, 2.05) is 30.2 Å². The zero-order chi connectivity index (χ0) is 23.1. The Bertz CT molecular complexity index is 900. The highest BCUT2D eigenvalue weighted by Crippen LogP contribution is 2.34. The summed E-state index contributed by atoms with van der Waals surface area (Å²) in [5, 5.41) is 2.03. The van der Waals surface area contributed by atoms with E-state index < -0.39 is 0 Å². The Kier molecular flexibility index (Phi) is 8.64. The summed E-state index contributed by atoms with van der Waals surface area (Å²) in [5.74, 6) is -0.0943. The number of ether oxygens (including phenoxy) is 2. The molecule has 0 saturated heterocycles. The van der Waals surface area contributed by atoms with Gasteiger partial charge in [-0.15, -0.1) is 11.3 Å². The lowest BCUT2D eigenvalue weighted by molar-refractivity contribution is -0.144. The predicted molar refractivity (Wildman–Crippen MR) is 122 cm³/mol. The first kappa shape index (κ1) is 24.2. The summed E-state index contributed by atoms with van der Waals surface area (Å²) in [5.41, 5.74) is 1.08. The number of carbonyl (C=O) groups excluding carboxylic acids is 2. The SMILES string of the molecule is COCCCN(CC(=O)N1CCc2sccc2C1COc1ccc(F)cc1)C(=O)C(C)C. The van der Waals surface area contributed by atoms with Crippen molar-refractivity contribution >= 4 is 23.2 Å². The molecule has 1 aromatic carbocycles. The zero-order valence-corrected chi connectivity index (χ0v) is 19.7. The highest BCUT2D eigenvalue weighted by molar-refractivity contribution is 7.10. The van der Waals surface area contributed by atoms with Crippen LogP contribution in [0.25, 0.3) is 0 Å². The first-order chi connectivity index (χ1) is 15.4. The Morgan fingerprint density at radius 1 is 1.25 bits per heavy atom. The number of hydrogen-bond acceptors (Lipinski definition) is 5. The van der Waals surface area contributed by atoms with Crippen molar-refractivity contribution < 1.29 is 23.5 Å². The van der Waals surface area contributed by atoms with Crippen molar-refractivity contribution in [1.29, 1.82) is 0 Å². The molecule has 0 fully saturated rings. The molecule has 1 aromatic heterocycles. The minimum absolute atomic E-state index is 0.0350. The van der Waals surface area contributed by atoms with E-state index in [0.717, 1.165) is 12.0 Å². The van der Waals surface area contributed by atoms with Gasteiger partial charge in [0.15, 0.2) is 0 Å². The summed E-state index contributed by atoms with van der Waals surface area (Å²) in [4.78, 5) is 30.8. The van der Waals surface area contributed by atoms with Crippen molar-refractivity contribution in [2.75, 3.05) is 40.0 Å². The van der Waals surface area contributed by atoms with Crippen molar-refractivity contribution in [2.24, 2.45) is 5.92 Å². The summed E-state index contributed by atoms with van der Waals surface area (Å²) >= 11 is 1.68. The van der Waals surface area contributed by atoms with Gasteiger partial charge in [-0.25, -0.2) is 4.39 Å². The molecular weight excluding hydrogens is 431 g/mol. The maximum Gasteiger partial charge on any atom is 0.242 e. The lowest BCUT2D eigenvalue weighted by Gasteiger charge is -2.37. The average molecular weight is 463 g/mol. The molecule has 0 saturated carbocycles. The van der Waals surface area contributed by atoms with E-state index in [1.54, 1.807) is 35.5 Å². The van der Waals surface area contributed by atoms with Gasteiger partial charge in [-0.3, -0.25) is 9.59 Å². The van der Waals surface area contributed by atoms with Crippen LogP contribution in [0.3, 0.4) is 0 Å². The van der Waals surface area contributed by atoms with Crippen molar-refractivity contribution in [3.05, 3.63) is 52.0 Å². The number of halogens is 1. The van der Waals surface area contributed by atoms with Gasteiger partial charge >= 0.3 is 0 Å². The fourth-order valence-corrected chi connectivity index (χ4v) is 4.79. The van der Waals surface area contributed by atoms with Crippen LogP contribution >= 0.6 is 11.3 Å². The molecule has 2 heterocycles. The van der Waals surface area contributed by atoms with Gasteiger partial charge in [0.2, 0.25) is 11.8 Å². The molecular formula is C24H31FN2O4S. The second kappa shape index (κ2) is 11.4. The summed E-state index contributed by atoms with van der Waals surface area (Å²) in [6.07, 6.45) is 1.46. The normalized spacial score (nSPS) is 15.5. The molecule has 0 radical (unpaired) electrons. The Morgan fingerprint density at radius 2 is 2.00 bits per heavy atom. The van der Waals surface area contributed by atoms with Crippen molar-refractivity contribution in [2.45, 2.75) is 32.7 Å². The Labute approximate surface area is 192 Å². The molecule has 2 aromatic rings. The monoisotopic (exact) mass is 462 g/mol. The van der Waals surface area contributed by atoms with E-state index in [4.69, 9.17) is 9.47 Å². The average Bonchev–Trinajstić information content (AvgIpc) is 3.26. The summed E-state index contributed by atoms with van der Waals surface area (Å²) in [7, 11) is 1.62. The van der Waals surface area contributed by atoms with Crippen LogP contribution < -0.4 is 4.74 Å². The molecule has 3 rings (SSSR count). The second-order valence-electron chi connectivity index (χ2n) is 8.18. The predicted octanol–water partition coefficient (Wildman–Crippen LogP) is 3.91. The molecule has 1 atom stereocenters. The van der Waals surface area contributed by atoms with Crippen LogP contribution in [0.1, 0.15) is 36.8 Å². The summed E-state index contributed by atoms with van der Waals surface area (Å²) in [6, 6.07) is 7.65. The van der Waals surface area contributed by atoms with Gasteiger partial charge in [-0.1, -0.05) is 13.8 Å². The van der Waals surface area contributed by atoms with Gasteiger partial charge in [0.05, 0.1) is 12.6 Å². The van der Waals surface area contributed by atoms with Gasteiger partial charge in [-0.2, -0.15) is 0 Å². The minimum Gasteiger partial charge on any atom is -0.491 e. The molecule has 0 N–H and O–H groups in total. The van der Waals surface area contributed by atoms with Gasteiger partial charge in [0.25, 0.3) is 0 Å². The molecule has 2 amide bonds. The van der Waals surface area contributed by atoms with Crippen LogP contribution in [0.4, 0.5) is 4.39 Å². The first-order valence-corrected chi connectivity index (χ1v) is 11.8. The first-order valence-electron chi connectivity index (χ1n) is 10.9. The molecule has 0 aliphatic carbocycles. The van der Waals surface area contributed by atoms with Gasteiger partial charge in [0.1, 0.15) is 18.2 Å². The zero-order valence-electron chi connectivity index (χ0n) is 18.9. The second-order valence-corrected chi connectivity index (χ2v) is 9.18. The van der Waals surface area contributed by atoms with E-state index >= 15 is 0 Å². The number of carbonyl (C=O) groups is 2. The molecule has 0 bridgehead atoms. The molecule has 1 unspecified atom stereocenters. The number of methoxy groups -OCH3 is 1. The van der Waals surface area contributed by atoms with Crippen molar-refractivity contribution in [1.82, 2.24) is 9.80 Å². The Hall–Kier alpha value is -2.45. The van der Waals surface area contributed by atoms with Crippen LogP contribution in [0.2, 0.25) is 0 Å². The largest absolute Gasteiger partial charge is 0.491 e. The molecule has 1 aliphatic rings. The third kappa shape index (κ3) is 6.07. The van der Waals surface area contributed by atoms with Crippen LogP contribution in [-0.4, -0.2) is 61.6 Å². The highest BCUT2D eigenvalue weighted by Gasteiger charge is 2.33. The van der Waals surface area contributed by atoms with Crippen molar-refractivity contribution in [3.8, 4) is 5.75 Å². The number of nitrogens with zero attached hydrogens (tertiary/aromatic N) is 2. The maximum atomic E-state index is 13.4. The van der Waals surface area contributed by atoms with E-state index in [1.165, 1.54) is 17.0 Å². The summed E-state index contributed by atoms with van der Waals surface area (Å²) < 4.78 is 24.2. The number of rotatable bonds is 10. The maximum absolute atomic E-state index is 13.4. The quantitative estimate of drug-likeness (QED) is 0.503. The molecule has 1 aliphatic heterocycles. The topological polar surface area (TPSA) is 59.1 Å². The number of hydrogen-bond donors (Lipinski definition) is 0. The minimum atomic E-state index is -0.324. The van der Waals surface area contributed by atoms with Gasteiger partial charge in [-0.05, 0) is 54.1 Å². The molecule has 8 heteroatoms. The summed E-state index contributed by atoms with van der Waals surface area (Å²) in [6.45, 7) is 5.57. The van der Waals surface area contributed by atoms with E-state index in [0.29, 0.717) is 31.9 Å². The van der Waals surface area contributed by atoms with Crippen LogP contribution in [0.15, 0.2) is 35.7 Å². The van der Waals surface area contributed by atoms with Gasteiger partial charge in [0, 0.05) is 37.6 Å². The van der Waals surface area contributed by atoms with Gasteiger partial charge < -0.3 is 19.3 Å². The molecule has 0 spiro atoms. The highest BCUT2D eigenvalue weighted by atomic mass is 32.1. The molecule has 32 heavy (non-hydrogen) atoms. The standard InChI is InChI=1S/C24H31FN2O4S/c1-17(2)24(29)26(11-4-13-30-3)15-23(28)27-12-9-22-20(10-14-32-22)21(27)16-31-19-7-5-18(25)6-8-19/h5-8,10,14,17,21H,4,9,11-13,15-16H2,1-3H3. The lowest BCUT2D eigenvalue weighted by Crippen LogP contribution is -2.48. The third-order valence-electron chi connectivity index (χ3n) is 5.54. The van der Waals surface area contributed by atoms with E-state index in [-0.39, 0.29) is 42.7 Å². The number of amides is 2. The lowest BCUT2D eigenvalue weighted by atomic mass is 10.00. The third-order valence-corrected chi connectivity index (χ3v) is 6.54. The van der Waals surface area contributed by atoms with Crippen molar-refractivity contribution in [3.63, 3.8) is 0 Å².